The molecule has 78 valence electrons. The van der Waals surface area contributed by atoms with Gasteiger partial charge in [0.25, 0.3) is 0 Å². The number of pyridine rings is 2. The average molecular weight is 229 g/mol. The van der Waals surface area contributed by atoms with Gasteiger partial charge in [0.1, 0.15) is 5.02 Å². The van der Waals surface area contributed by atoms with Gasteiger partial charge < -0.3 is 0 Å². The maximum atomic E-state index is 6.29. The van der Waals surface area contributed by atoms with E-state index in [1.165, 1.54) is 16.5 Å². The zero-order valence-electron chi connectivity index (χ0n) is 8.94. The Labute approximate surface area is 98.9 Å². The van der Waals surface area contributed by atoms with Crippen molar-refractivity contribution in [3.8, 4) is 0 Å². The molecule has 2 heteroatoms. The van der Waals surface area contributed by atoms with E-state index in [2.05, 4.69) is 29.5 Å². The van der Waals surface area contributed by atoms with Gasteiger partial charge in [-0.15, -0.1) is 0 Å². The molecule has 3 aromatic rings. The first-order valence-electron chi connectivity index (χ1n) is 5.25. The van der Waals surface area contributed by atoms with Crippen molar-refractivity contribution in [3.05, 3.63) is 59.2 Å². The molecule has 0 aliphatic heterocycles. The largest absolute Gasteiger partial charge is 0.237 e. The van der Waals surface area contributed by atoms with Gasteiger partial charge in [-0.1, -0.05) is 17.7 Å². The zero-order chi connectivity index (χ0) is 11.1. The van der Waals surface area contributed by atoms with Crippen molar-refractivity contribution in [3.63, 3.8) is 0 Å². The lowest BCUT2D eigenvalue weighted by Gasteiger charge is -2.02. The van der Waals surface area contributed by atoms with Crippen LogP contribution >= 0.6 is 11.6 Å². The van der Waals surface area contributed by atoms with Crippen molar-refractivity contribution in [2.45, 2.75) is 6.92 Å². The monoisotopic (exact) mass is 228 g/mol. The summed E-state index contributed by atoms with van der Waals surface area (Å²) in [5.74, 6) is 0. The van der Waals surface area contributed by atoms with Crippen LogP contribution in [-0.4, -0.2) is 0 Å². The van der Waals surface area contributed by atoms with Gasteiger partial charge in [0.15, 0.2) is 6.20 Å². The molecule has 0 saturated carbocycles. The normalized spacial score (nSPS) is 11.1. The fourth-order valence-corrected chi connectivity index (χ4v) is 2.42. The number of fused-ring (bicyclic) bond motifs is 3. The molecule has 0 spiro atoms. The Morgan fingerprint density at radius 1 is 1.06 bits per heavy atom. The van der Waals surface area contributed by atoms with Crippen LogP contribution in [0.3, 0.4) is 0 Å². The fraction of sp³-hybridized carbons (Fsp3) is 0.0714. The van der Waals surface area contributed by atoms with Crippen LogP contribution in [-0.2, 0) is 0 Å². The minimum Gasteiger partial charge on any atom is -0.159 e. The number of rotatable bonds is 0. The maximum absolute atomic E-state index is 6.29. The van der Waals surface area contributed by atoms with Gasteiger partial charge in [-0.3, -0.25) is 0 Å². The summed E-state index contributed by atoms with van der Waals surface area (Å²) in [7, 11) is 0. The van der Waals surface area contributed by atoms with Gasteiger partial charge in [-0.2, -0.15) is 4.40 Å². The first-order chi connectivity index (χ1) is 7.77. The number of aryl methyl sites for hydroxylation is 1. The van der Waals surface area contributed by atoms with Gasteiger partial charge in [-0.25, -0.2) is 0 Å². The topological polar surface area (TPSA) is 4.10 Å². The highest BCUT2D eigenvalue weighted by atomic mass is 35.5. The first-order valence-corrected chi connectivity index (χ1v) is 5.63. The third-order valence-corrected chi connectivity index (χ3v) is 3.21. The Hall–Kier alpha value is -1.60. The van der Waals surface area contributed by atoms with Crippen molar-refractivity contribution in [2.75, 3.05) is 0 Å². The molecule has 1 nitrogen and oxygen atoms in total. The molecule has 0 unspecified atom stereocenters. The second kappa shape index (κ2) is 3.46. The smallest absolute Gasteiger partial charge is 0.159 e. The molecular weight excluding hydrogens is 218 g/mol. The summed E-state index contributed by atoms with van der Waals surface area (Å²) < 4.78 is 2.13. The van der Waals surface area contributed by atoms with Crippen molar-refractivity contribution >= 4 is 28.0 Å². The lowest BCUT2D eigenvalue weighted by Crippen LogP contribution is -2.22. The lowest BCUT2D eigenvalue weighted by atomic mass is 10.1. The van der Waals surface area contributed by atoms with E-state index in [0.717, 1.165) is 10.5 Å². The van der Waals surface area contributed by atoms with Gasteiger partial charge in [0, 0.05) is 18.2 Å². The van der Waals surface area contributed by atoms with Gasteiger partial charge >= 0.3 is 0 Å². The first kappa shape index (κ1) is 9.61. The summed E-state index contributed by atoms with van der Waals surface area (Å²) in [5, 5.41) is 2.00. The van der Waals surface area contributed by atoms with Gasteiger partial charge in [0.2, 0.25) is 11.0 Å². The Bertz CT molecular complexity index is 689. The molecule has 0 atom stereocenters. The van der Waals surface area contributed by atoms with E-state index in [-0.39, 0.29) is 0 Å². The standard InChI is InChI=1S/C14H11ClN/c1-10-9-11-5-2-3-8-16(11)14-12(10)6-4-7-13(14)15/h2-9H,1H3/q+1. The third kappa shape index (κ3) is 1.29. The van der Waals surface area contributed by atoms with Crippen LogP contribution in [0.4, 0.5) is 0 Å². The summed E-state index contributed by atoms with van der Waals surface area (Å²) in [6.45, 7) is 2.12. The quantitative estimate of drug-likeness (QED) is 0.409. The number of hydrogen-bond donors (Lipinski definition) is 0. The minimum absolute atomic E-state index is 0.794. The Morgan fingerprint density at radius 2 is 1.94 bits per heavy atom. The molecule has 0 amide bonds. The molecule has 0 aliphatic carbocycles. The Morgan fingerprint density at radius 3 is 2.81 bits per heavy atom. The molecule has 16 heavy (non-hydrogen) atoms. The van der Waals surface area contributed by atoms with E-state index in [9.17, 15) is 0 Å². The second-order valence-corrected chi connectivity index (χ2v) is 4.37. The summed E-state index contributed by atoms with van der Waals surface area (Å²) in [6, 6.07) is 14.4. The molecule has 0 saturated heterocycles. The average Bonchev–Trinajstić information content (AvgIpc) is 2.30. The Kier molecular flexibility index (Phi) is 2.08. The number of para-hydroxylation sites is 1. The molecule has 0 bridgehead atoms. The minimum atomic E-state index is 0.794. The van der Waals surface area contributed by atoms with Crippen molar-refractivity contribution < 1.29 is 4.40 Å². The van der Waals surface area contributed by atoms with Gasteiger partial charge in [0.05, 0.1) is 5.39 Å². The number of hydrogen-bond acceptors (Lipinski definition) is 0. The highest BCUT2D eigenvalue weighted by Crippen LogP contribution is 2.23. The molecule has 0 fully saturated rings. The van der Waals surface area contributed by atoms with Crippen LogP contribution in [0.15, 0.2) is 48.7 Å². The third-order valence-electron chi connectivity index (χ3n) is 2.91. The van der Waals surface area contributed by atoms with Crippen molar-refractivity contribution in [2.24, 2.45) is 0 Å². The van der Waals surface area contributed by atoms with Crippen LogP contribution in [0, 0.1) is 6.92 Å². The van der Waals surface area contributed by atoms with Crippen molar-refractivity contribution in [1.82, 2.24) is 0 Å². The fourth-order valence-electron chi connectivity index (χ4n) is 2.16. The van der Waals surface area contributed by atoms with E-state index >= 15 is 0 Å². The van der Waals surface area contributed by atoms with E-state index in [1.54, 1.807) is 0 Å². The predicted molar refractivity (Wildman–Crippen MR) is 66.9 cm³/mol. The molecule has 1 aromatic carbocycles. The Balaban J connectivity index is 2.67. The zero-order valence-corrected chi connectivity index (χ0v) is 9.70. The molecule has 2 aromatic heterocycles. The number of benzene rings is 1. The highest BCUT2D eigenvalue weighted by molar-refractivity contribution is 6.34. The molecule has 3 rings (SSSR count). The molecule has 0 N–H and O–H groups in total. The number of aromatic nitrogens is 1. The molecular formula is C14H11ClN+. The molecule has 0 radical (unpaired) electrons. The number of nitrogens with zero attached hydrogens (tertiary/aromatic N) is 1. The van der Waals surface area contributed by atoms with Crippen LogP contribution in [0.25, 0.3) is 16.4 Å². The summed E-state index contributed by atoms with van der Waals surface area (Å²) in [5.41, 5.74) is 3.50. The van der Waals surface area contributed by atoms with E-state index in [1.807, 2.05) is 30.5 Å². The highest BCUT2D eigenvalue weighted by Gasteiger charge is 2.13. The van der Waals surface area contributed by atoms with E-state index < -0.39 is 0 Å². The van der Waals surface area contributed by atoms with Crippen molar-refractivity contribution in [1.29, 1.82) is 0 Å². The summed E-state index contributed by atoms with van der Waals surface area (Å²) >= 11 is 6.29. The van der Waals surface area contributed by atoms with Crippen LogP contribution in [0.5, 0.6) is 0 Å². The molecule has 2 heterocycles. The number of halogens is 1. The second-order valence-electron chi connectivity index (χ2n) is 3.96. The van der Waals surface area contributed by atoms with E-state index in [4.69, 9.17) is 11.6 Å². The van der Waals surface area contributed by atoms with Gasteiger partial charge in [-0.05, 0) is 30.7 Å². The lowest BCUT2D eigenvalue weighted by molar-refractivity contribution is -0.481. The van der Waals surface area contributed by atoms with E-state index in [0.29, 0.717) is 0 Å². The van der Waals surface area contributed by atoms with Crippen LogP contribution < -0.4 is 4.40 Å². The van der Waals surface area contributed by atoms with Crippen LogP contribution in [0.2, 0.25) is 5.02 Å². The predicted octanol–water partition coefficient (Wildman–Crippen LogP) is 3.54. The SMILES string of the molecule is Cc1cc2cccc[n+]2c2c(Cl)cccc12. The molecule has 0 aliphatic rings. The summed E-state index contributed by atoms with van der Waals surface area (Å²) in [6.07, 6.45) is 2.04. The summed E-state index contributed by atoms with van der Waals surface area (Å²) in [4.78, 5) is 0. The maximum Gasteiger partial charge on any atom is 0.237 e. The van der Waals surface area contributed by atoms with Crippen LogP contribution in [0.1, 0.15) is 5.56 Å².